The van der Waals surface area contributed by atoms with Gasteiger partial charge in [0.1, 0.15) is 0 Å². The van der Waals surface area contributed by atoms with Gasteiger partial charge in [-0.2, -0.15) is 0 Å². The van der Waals surface area contributed by atoms with Crippen molar-refractivity contribution in [1.82, 2.24) is 0 Å². The molecule has 0 atom stereocenters. The fraction of sp³-hybridized carbons (Fsp3) is 0.412. The summed E-state index contributed by atoms with van der Waals surface area (Å²) < 4.78 is 27.0. The van der Waals surface area contributed by atoms with Gasteiger partial charge < -0.3 is 44.1 Å². The number of hydrogen-bond acceptors (Lipinski definition) is 13. The Labute approximate surface area is 581 Å². The Bertz CT molecular complexity index is 3410. The van der Waals surface area contributed by atoms with Crippen LogP contribution in [-0.4, -0.2) is 115 Å². The Morgan fingerprint density at radius 1 is 0.396 bits per heavy atom. The van der Waals surface area contributed by atoms with Crippen LogP contribution in [0.2, 0.25) is 0 Å². The van der Waals surface area contributed by atoms with Crippen molar-refractivity contribution in [1.29, 1.82) is 0 Å². The van der Waals surface area contributed by atoms with Gasteiger partial charge in [0.25, 0.3) is 0 Å². The van der Waals surface area contributed by atoms with Gasteiger partial charge in [-0.05, 0) is 171 Å². The minimum absolute atomic E-state index is 0.00198. The van der Waals surface area contributed by atoms with Gasteiger partial charge in [-0.3, -0.25) is 24.0 Å². The van der Waals surface area contributed by atoms with E-state index < -0.39 is 11.8 Å². The number of halogens is 2. The second kappa shape index (κ2) is 46.6. The summed E-state index contributed by atoms with van der Waals surface area (Å²) in [6.45, 7) is 30.5. The Morgan fingerprint density at radius 2 is 0.708 bits per heavy atom. The maximum atomic E-state index is 12.0. The van der Waals surface area contributed by atoms with Gasteiger partial charge in [0.05, 0.1) is 70.5 Å². The van der Waals surface area contributed by atoms with E-state index in [1.807, 2.05) is 160 Å². The van der Waals surface area contributed by atoms with Gasteiger partial charge >= 0.3 is 23.9 Å². The highest BCUT2D eigenvalue weighted by atomic mass is 35.5. The molecule has 0 radical (unpaired) electrons. The SMILES string of the molecule is Cc1ccc(C)c(C(=O)CCl)c1.Cc1ccc(C)c(C2(CCl)OCCCO2)c1.Cc1ccc(C)c(CC(=O)O)c1.Cc1ccc(C)c(CC(=O)OCCCO)c1.Cc1ccc(C)c(CC(=O)OCCCOC(=O)Cc2cc(C)ccc2C)c1.Cc1ccc(C)cc1.OCCCO. The van der Waals surface area contributed by atoms with Gasteiger partial charge in [0.2, 0.25) is 5.79 Å². The molecule has 1 saturated heterocycles. The van der Waals surface area contributed by atoms with E-state index >= 15 is 0 Å². The molecule has 1 aliphatic heterocycles. The number of ketones is 1. The lowest BCUT2D eigenvalue weighted by Crippen LogP contribution is -2.40. The van der Waals surface area contributed by atoms with Crippen LogP contribution in [0, 0.1) is 96.9 Å². The van der Waals surface area contributed by atoms with Crippen LogP contribution < -0.4 is 0 Å². The van der Waals surface area contributed by atoms with E-state index in [-0.39, 0.29) is 81.9 Å². The van der Waals surface area contributed by atoms with Crippen molar-refractivity contribution >= 4 is 52.9 Å². The fourth-order valence-electron chi connectivity index (χ4n) is 9.27. The molecule has 7 aromatic rings. The smallest absolute Gasteiger partial charge is 0.310 e. The number of aryl methyl sites for hydroxylation is 14. The van der Waals surface area contributed by atoms with E-state index in [1.54, 1.807) is 0 Å². The molecular weight excluding hydrogens is 1260 g/mol. The number of carboxylic acid groups (broad SMARTS) is 1. The predicted octanol–water partition coefficient (Wildman–Crippen LogP) is 15.4. The lowest BCUT2D eigenvalue weighted by molar-refractivity contribution is -0.262. The molecule has 16 heteroatoms. The van der Waals surface area contributed by atoms with Crippen molar-refractivity contribution in [2.75, 3.05) is 64.6 Å². The molecule has 4 N–H and O–H groups in total. The van der Waals surface area contributed by atoms with E-state index in [4.69, 9.17) is 67.3 Å². The summed E-state index contributed by atoms with van der Waals surface area (Å²) in [6.07, 6.45) is 3.38. The monoisotopic (exact) mass is 1360 g/mol. The number of Topliss-reactive ketones (excluding diaryl/α,β-unsaturated/α-hetero) is 1. The lowest BCUT2D eigenvalue weighted by Gasteiger charge is -2.37. The highest BCUT2D eigenvalue weighted by molar-refractivity contribution is 6.30. The number of benzene rings is 7. The number of aliphatic carboxylic acids is 1. The quantitative estimate of drug-likeness (QED) is 0.0173. The number of esters is 3. The average Bonchev–Trinajstić information content (AvgIpc) is 0.798. The zero-order valence-corrected chi connectivity index (χ0v) is 60.6. The summed E-state index contributed by atoms with van der Waals surface area (Å²) in [7, 11) is 0. The second-order valence-electron chi connectivity index (χ2n) is 24.0. The van der Waals surface area contributed by atoms with Gasteiger partial charge in [-0.15, -0.1) is 23.2 Å². The number of hydrogen-bond donors (Lipinski definition) is 4. The topological polar surface area (TPSA) is 212 Å². The first kappa shape index (κ1) is 84.6. The van der Waals surface area contributed by atoms with E-state index in [2.05, 4.69) is 70.2 Å². The molecule has 1 fully saturated rings. The van der Waals surface area contributed by atoms with Crippen LogP contribution >= 0.6 is 23.2 Å². The minimum atomic E-state index is -0.774. The third-order valence-electron chi connectivity index (χ3n) is 15.0. The molecule has 0 unspecified atom stereocenters. The molecule has 8 rings (SSSR count). The molecule has 7 aromatic carbocycles. The van der Waals surface area contributed by atoms with Crippen LogP contribution in [0.4, 0.5) is 0 Å². The molecule has 14 nitrogen and oxygen atoms in total. The van der Waals surface area contributed by atoms with Crippen LogP contribution in [0.25, 0.3) is 0 Å². The maximum Gasteiger partial charge on any atom is 0.310 e. The summed E-state index contributed by atoms with van der Waals surface area (Å²) in [5, 5.41) is 33.0. The zero-order chi connectivity index (χ0) is 71.8. The van der Waals surface area contributed by atoms with Gasteiger partial charge in [0.15, 0.2) is 5.78 Å². The largest absolute Gasteiger partial charge is 0.481 e. The molecule has 96 heavy (non-hydrogen) atoms. The van der Waals surface area contributed by atoms with Crippen molar-refractivity contribution in [3.8, 4) is 0 Å². The normalized spacial score (nSPS) is 11.6. The van der Waals surface area contributed by atoms with Crippen molar-refractivity contribution in [3.63, 3.8) is 0 Å². The molecule has 0 amide bonds. The van der Waals surface area contributed by atoms with E-state index in [1.165, 1.54) is 16.7 Å². The van der Waals surface area contributed by atoms with Crippen molar-refractivity contribution in [2.24, 2.45) is 0 Å². The number of rotatable bonds is 21. The molecule has 1 heterocycles. The highest BCUT2D eigenvalue weighted by Gasteiger charge is 2.37. The summed E-state index contributed by atoms with van der Waals surface area (Å²) >= 11 is 11.5. The van der Waals surface area contributed by atoms with Crippen LogP contribution in [-0.2, 0) is 74.3 Å². The number of ether oxygens (including phenoxy) is 5. The predicted molar refractivity (Wildman–Crippen MR) is 386 cm³/mol. The summed E-state index contributed by atoms with van der Waals surface area (Å²) in [5.41, 5.74) is 21.6. The average molecular weight is 1360 g/mol. The van der Waals surface area contributed by atoms with Gasteiger partial charge in [-0.1, -0.05) is 172 Å². The number of aliphatic hydroxyl groups is 3. The highest BCUT2D eigenvalue weighted by Crippen LogP contribution is 2.34. The Hall–Kier alpha value is -7.53. The van der Waals surface area contributed by atoms with E-state index in [0.717, 1.165) is 101 Å². The first-order chi connectivity index (χ1) is 45.6. The minimum Gasteiger partial charge on any atom is -0.481 e. The zero-order valence-electron chi connectivity index (χ0n) is 59.1. The summed E-state index contributed by atoms with van der Waals surface area (Å²) in [5.74, 6) is -1.88. The molecule has 0 saturated carbocycles. The Balaban J connectivity index is 0.000000401. The van der Waals surface area contributed by atoms with Crippen molar-refractivity contribution in [3.05, 3.63) is 245 Å². The second-order valence-corrected chi connectivity index (χ2v) is 24.5. The van der Waals surface area contributed by atoms with Gasteiger partial charge in [0, 0.05) is 43.8 Å². The van der Waals surface area contributed by atoms with E-state index in [0.29, 0.717) is 51.4 Å². The molecule has 522 valence electrons. The maximum absolute atomic E-state index is 12.0. The number of aliphatic hydroxyl groups excluding tert-OH is 3. The number of carboxylic acids is 1. The lowest BCUT2D eigenvalue weighted by atomic mass is 9.98. The van der Waals surface area contributed by atoms with Crippen molar-refractivity contribution in [2.45, 2.75) is 154 Å². The van der Waals surface area contributed by atoms with Crippen LogP contribution in [0.5, 0.6) is 0 Å². The van der Waals surface area contributed by atoms with Crippen LogP contribution in [0.15, 0.2) is 133 Å². The molecule has 0 aliphatic carbocycles. The molecular formula is C80H104Cl2O14. The third-order valence-corrected chi connectivity index (χ3v) is 15.6. The first-order valence-corrected chi connectivity index (χ1v) is 33.5. The van der Waals surface area contributed by atoms with Crippen LogP contribution in [0.3, 0.4) is 0 Å². The fourth-order valence-corrected chi connectivity index (χ4v) is 9.71. The molecule has 1 aliphatic rings. The first-order valence-electron chi connectivity index (χ1n) is 32.5. The Kier molecular flexibility index (Phi) is 41.0. The Morgan fingerprint density at radius 3 is 1.04 bits per heavy atom. The molecule has 0 spiro atoms. The number of carbonyl (C=O) groups excluding carboxylic acids is 4. The van der Waals surface area contributed by atoms with E-state index in [9.17, 15) is 24.0 Å². The number of carbonyl (C=O) groups is 5. The third kappa shape index (κ3) is 33.9. The molecule has 0 bridgehead atoms. The standard InChI is InChI=1S/C23H28O4.C13H17ClO2.C13H18O3.C10H11ClO.C10H12O2.C8H10.C3H8O2/c1-16-6-8-18(3)20(12-16)14-22(24)26-10-5-11-27-23(25)15-21-13-17(2)7-9-19(21)4;1-10-4-5-11(2)12(8-10)13(9-14)15-6-3-7-16-13;1-10-4-5-11(2)12(8-10)9-13(15)16-7-3-6-14;1-7-3-4-8(2)9(5-7)10(12)6-11;1-7-3-4-8(2)9(5-7)6-10(11)12;1-7-3-5-8(2)6-4-7;4-2-1-3-5/h6-9,12-13H,5,10-11,14-15H2,1-4H3;4-5,8H,3,6-7,9H2,1-2H3;4-5,8,14H,3,6-7,9H2,1-2H3;3-5H,6H2,1-2H3;3-5H,6H2,1-2H3,(H,11,12);3-6H,1-2H3;4-5H,1-3H2. The van der Waals surface area contributed by atoms with Crippen LogP contribution in [0.1, 0.15) is 142 Å². The molecule has 0 aromatic heterocycles. The number of alkyl halides is 2. The summed E-state index contributed by atoms with van der Waals surface area (Å²) in [4.78, 5) is 57.0. The van der Waals surface area contributed by atoms with Crippen molar-refractivity contribution < 1.29 is 68.1 Å². The summed E-state index contributed by atoms with van der Waals surface area (Å²) in [6, 6.07) is 44.5. The van der Waals surface area contributed by atoms with Gasteiger partial charge in [-0.25, -0.2) is 0 Å².